The maximum Gasteiger partial charge on any atom is 0.143 e. The molecule has 100 valence electrons. The quantitative estimate of drug-likeness (QED) is 0.808. The summed E-state index contributed by atoms with van der Waals surface area (Å²) in [7, 11) is 0. The van der Waals surface area contributed by atoms with Crippen molar-refractivity contribution in [2.75, 3.05) is 5.32 Å². The lowest BCUT2D eigenvalue weighted by atomic mass is 10.1. The van der Waals surface area contributed by atoms with Crippen molar-refractivity contribution in [1.29, 1.82) is 0 Å². The van der Waals surface area contributed by atoms with Crippen LogP contribution in [0.25, 0.3) is 5.69 Å². The number of hydrogen-bond acceptors (Lipinski definition) is 4. The fourth-order valence-electron chi connectivity index (χ4n) is 1.89. The number of nitrogens with zero attached hydrogens (tertiary/aromatic N) is 4. The van der Waals surface area contributed by atoms with Gasteiger partial charge in [-0.15, -0.1) is 11.7 Å². The summed E-state index contributed by atoms with van der Waals surface area (Å²) < 4.78 is 1.65. The van der Waals surface area contributed by atoms with Gasteiger partial charge in [0.1, 0.15) is 6.33 Å². The van der Waals surface area contributed by atoms with Crippen LogP contribution in [-0.4, -0.2) is 26.2 Å². The summed E-state index contributed by atoms with van der Waals surface area (Å²) in [5, 5.41) is 14.7. The van der Waals surface area contributed by atoms with Crippen LogP contribution in [-0.2, 0) is 0 Å². The molecule has 5 heteroatoms. The number of aromatic nitrogens is 4. The van der Waals surface area contributed by atoms with Crippen LogP contribution >= 0.6 is 0 Å². The third-order valence-corrected chi connectivity index (χ3v) is 3.04. The van der Waals surface area contributed by atoms with Gasteiger partial charge >= 0.3 is 0 Å². The van der Waals surface area contributed by atoms with E-state index in [9.17, 15) is 0 Å². The zero-order valence-corrected chi connectivity index (χ0v) is 11.4. The van der Waals surface area contributed by atoms with E-state index in [1.165, 1.54) is 5.56 Å². The summed E-state index contributed by atoms with van der Waals surface area (Å²) >= 11 is 0. The highest BCUT2D eigenvalue weighted by molar-refractivity contribution is 5.56. The minimum atomic E-state index is 0.404. The molecule has 0 spiro atoms. The molecule has 1 aromatic heterocycles. The van der Waals surface area contributed by atoms with Gasteiger partial charge in [0, 0.05) is 11.7 Å². The van der Waals surface area contributed by atoms with Gasteiger partial charge in [-0.1, -0.05) is 12.1 Å². The molecule has 1 heterocycles. The Hall–Kier alpha value is -2.17. The predicted octanol–water partition coefficient (Wildman–Crippen LogP) is 2.74. The summed E-state index contributed by atoms with van der Waals surface area (Å²) in [4.78, 5) is 0. The van der Waals surface area contributed by atoms with Gasteiger partial charge in [0.2, 0.25) is 0 Å². The van der Waals surface area contributed by atoms with E-state index in [4.69, 9.17) is 0 Å². The Bertz CT molecular complexity index is 533. The Morgan fingerprint density at radius 3 is 3.00 bits per heavy atom. The number of rotatable bonds is 6. The van der Waals surface area contributed by atoms with Gasteiger partial charge < -0.3 is 5.32 Å². The molecular weight excluding hydrogens is 238 g/mol. The van der Waals surface area contributed by atoms with Crippen molar-refractivity contribution in [3.63, 3.8) is 0 Å². The van der Waals surface area contributed by atoms with Crippen molar-refractivity contribution in [1.82, 2.24) is 20.2 Å². The van der Waals surface area contributed by atoms with Gasteiger partial charge in [-0.2, -0.15) is 0 Å². The van der Waals surface area contributed by atoms with Crippen molar-refractivity contribution < 1.29 is 0 Å². The van der Waals surface area contributed by atoms with E-state index in [0.717, 1.165) is 24.2 Å². The summed E-state index contributed by atoms with van der Waals surface area (Å²) in [5.74, 6) is 0. The smallest absolute Gasteiger partial charge is 0.143 e. The average Bonchev–Trinajstić information content (AvgIpc) is 2.93. The van der Waals surface area contributed by atoms with Crippen molar-refractivity contribution >= 4 is 5.69 Å². The predicted molar refractivity (Wildman–Crippen MR) is 76.4 cm³/mol. The van der Waals surface area contributed by atoms with Gasteiger partial charge in [0.15, 0.2) is 0 Å². The first-order chi connectivity index (χ1) is 9.20. The van der Waals surface area contributed by atoms with Crippen LogP contribution in [0, 0.1) is 6.92 Å². The van der Waals surface area contributed by atoms with Gasteiger partial charge in [-0.3, -0.25) is 0 Å². The zero-order valence-electron chi connectivity index (χ0n) is 11.4. The normalized spacial score (nSPS) is 12.1. The zero-order chi connectivity index (χ0) is 13.7. The van der Waals surface area contributed by atoms with E-state index in [2.05, 4.69) is 53.4 Å². The lowest BCUT2D eigenvalue weighted by molar-refractivity contribution is 0.717. The first-order valence-corrected chi connectivity index (χ1v) is 6.42. The van der Waals surface area contributed by atoms with Crippen LogP contribution in [0.1, 0.15) is 25.3 Å². The second kappa shape index (κ2) is 6.13. The molecule has 2 rings (SSSR count). The highest BCUT2D eigenvalue weighted by Gasteiger charge is 2.06. The standard InChI is InChI=1S/C14H19N5/c1-4-5-6-12(3)16-14-9-13(8-7-11(14)2)19-10-15-17-18-19/h4,7-10,12,16H,1,5-6H2,2-3H3. The maximum absolute atomic E-state index is 3.90. The Kier molecular flexibility index (Phi) is 4.28. The SMILES string of the molecule is C=CCCC(C)Nc1cc(-n2cnnn2)ccc1C. The van der Waals surface area contributed by atoms with Gasteiger partial charge in [0.05, 0.1) is 5.69 Å². The average molecular weight is 257 g/mol. The largest absolute Gasteiger partial charge is 0.382 e. The van der Waals surface area contributed by atoms with Crippen LogP contribution in [0.5, 0.6) is 0 Å². The highest BCUT2D eigenvalue weighted by atomic mass is 15.5. The fraction of sp³-hybridized carbons (Fsp3) is 0.357. The van der Waals surface area contributed by atoms with Crippen LogP contribution in [0.15, 0.2) is 37.2 Å². The molecule has 0 saturated carbocycles. The second-order valence-electron chi connectivity index (χ2n) is 4.67. The van der Waals surface area contributed by atoms with Crippen LogP contribution in [0.4, 0.5) is 5.69 Å². The molecule has 0 saturated heterocycles. The number of tetrazole rings is 1. The van der Waals surface area contributed by atoms with Crippen molar-refractivity contribution in [3.05, 3.63) is 42.7 Å². The Balaban J connectivity index is 2.15. The number of benzene rings is 1. The third kappa shape index (κ3) is 3.40. The number of nitrogens with one attached hydrogen (secondary N) is 1. The first kappa shape index (κ1) is 13.3. The molecule has 1 aromatic carbocycles. The third-order valence-electron chi connectivity index (χ3n) is 3.04. The van der Waals surface area contributed by atoms with Crippen LogP contribution in [0.2, 0.25) is 0 Å². The fourth-order valence-corrected chi connectivity index (χ4v) is 1.89. The number of anilines is 1. The maximum atomic E-state index is 3.90. The number of aryl methyl sites for hydroxylation is 1. The topological polar surface area (TPSA) is 55.6 Å². The molecule has 0 aliphatic rings. The molecular formula is C14H19N5. The van der Waals surface area contributed by atoms with Gasteiger partial charge in [0.25, 0.3) is 0 Å². The molecule has 0 radical (unpaired) electrons. The van der Waals surface area contributed by atoms with Crippen LogP contribution < -0.4 is 5.32 Å². The van der Waals surface area contributed by atoms with Crippen molar-refractivity contribution in [2.24, 2.45) is 0 Å². The Labute approximate surface area is 113 Å². The molecule has 19 heavy (non-hydrogen) atoms. The Morgan fingerprint density at radius 1 is 1.47 bits per heavy atom. The van der Waals surface area contributed by atoms with E-state index < -0.39 is 0 Å². The lowest BCUT2D eigenvalue weighted by Crippen LogP contribution is -2.15. The number of hydrogen-bond donors (Lipinski definition) is 1. The van der Waals surface area contributed by atoms with E-state index in [1.54, 1.807) is 11.0 Å². The van der Waals surface area contributed by atoms with Gasteiger partial charge in [-0.25, -0.2) is 4.68 Å². The summed E-state index contributed by atoms with van der Waals surface area (Å²) in [5.41, 5.74) is 3.28. The van der Waals surface area contributed by atoms with Crippen molar-refractivity contribution in [2.45, 2.75) is 32.7 Å². The molecule has 0 aliphatic carbocycles. The molecule has 1 N–H and O–H groups in total. The monoisotopic (exact) mass is 257 g/mol. The van der Waals surface area contributed by atoms with E-state index in [0.29, 0.717) is 6.04 Å². The molecule has 0 bridgehead atoms. The molecule has 1 unspecified atom stereocenters. The molecule has 0 amide bonds. The number of allylic oxidation sites excluding steroid dienone is 1. The summed E-state index contributed by atoms with van der Waals surface area (Å²) in [6.07, 6.45) is 5.62. The summed E-state index contributed by atoms with van der Waals surface area (Å²) in [6, 6.07) is 6.54. The van der Waals surface area contributed by atoms with E-state index in [-0.39, 0.29) is 0 Å². The van der Waals surface area contributed by atoms with Gasteiger partial charge in [-0.05, 0) is 54.8 Å². The van der Waals surface area contributed by atoms with Crippen LogP contribution in [0.3, 0.4) is 0 Å². The second-order valence-corrected chi connectivity index (χ2v) is 4.67. The highest BCUT2D eigenvalue weighted by Crippen LogP contribution is 2.20. The molecule has 0 aliphatic heterocycles. The minimum Gasteiger partial charge on any atom is -0.382 e. The van der Waals surface area contributed by atoms with E-state index in [1.807, 2.05) is 12.1 Å². The lowest BCUT2D eigenvalue weighted by Gasteiger charge is -2.17. The molecule has 1 atom stereocenters. The summed E-state index contributed by atoms with van der Waals surface area (Å²) in [6.45, 7) is 8.01. The Morgan fingerprint density at radius 2 is 2.32 bits per heavy atom. The molecule has 2 aromatic rings. The molecule has 0 fully saturated rings. The van der Waals surface area contributed by atoms with Crippen molar-refractivity contribution in [3.8, 4) is 5.69 Å². The minimum absolute atomic E-state index is 0.404. The van der Waals surface area contributed by atoms with E-state index >= 15 is 0 Å². The first-order valence-electron chi connectivity index (χ1n) is 6.42. The molecule has 5 nitrogen and oxygen atoms in total.